The van der Waals surface area contributed by atoms with Gasteiger partial charge in [0.2, 0.25) is 5.91 Å². The van der Waals surface area contributed by atoms with Gasteiger partial charge in [0.15, 0.2) is 6.61 Å². The molecule has 1 saturated heterocycles. The lowest BCUT2D eigenvalue weighted by molar-refractivity contribution is -0.145. The fourth-order valence-corrected chi connectivity index (χ4v) is 3.25. The fourth-order valence-electron chi connectivity index (χ4n) is 3.25. The summed E-state index contributed by atoms with van der Waals surface area (Å²) >= 11 is 0. The summed E-state index contributed by atoms with van der Waals surface area (Å²) in [6.45, 7) is 0.956. The molecule has 3 rings (SSSR count). The van der Waals surface area contributed by atoms with Crippen LogP contribution in [0.3, 0.4) is 0 Å². The zero-order valence-corrected chi connectivity index (χ0v) is 15.7. The molecule has 2 fully saturated rings. The average molecular weight is 390 g/mol. The number of hydrogen-bond acceptors (Lipinski definition) is 5. The summed E-state index contributed by atoms with van der Waals surface area (Å²) < 4.78 is 10.7. The zero-order valence-electron chi connectivity index (χ0n) is 15.7. The minimum Gasteiger partial charge on any atom is -0.484 e. The number of carbonyl (C=O) groups excluding carboxylic acids is 2. The van der Waals surface area contributed by atoms with Gasteiger partial charge in [0, 0.05) is 37.4 Å². The molecule has 1 aromatic rings. The molecule has 28 heavy (non-hydrogen) atoms. The van der Waals surface area contributed by atoms with E-state index < -0.39 is 11.9 Å². The van der Waals surface area contributed by atoms with Crippen LogP contribution in [0.4, 0.5) is 5.69 Å². The van der Waals surface area contributed by atoms with E-state index in [2.05, 4.69) is 10.6 Å². The van der Waals surface area contributed by atoms with Gasteiger partial charge in [-0.2, -0.15) is 0 Å². The smallest absolute Gasteiger partial charge is 0.308 e. The summed E-state index contributed by atoms with van der Waals surface area (Å²) in [5, 5.41) is 14.9. The number of amides is 2. The summed E-state index contributed by atoms with van der Waals surface area (Å²) in [5.41, 5.74) is 0.625. The third-order valence-corrected chi connectivity index (χ3v) is 5.09. The molecule has 2 aliphatic rings. The Kier molecular flexibility index (Phi) is 6.86. The van der Waals surface area contributed by atoms with Crippen molar-refractivity contribution < 1.29 is 29.0 Å². The van der Waals surface area contributed by atoms with Crippen LogP contribution in [0.5, 0.6) is 5.75 Å². The Morgan fingerprint density at radius 2 is 1.93 bits per heavy atom. The first-order valence-corrected chi connectivity index (χ1v) is 9.64. The van der Waals surface area contributed by atoms with Crippen molar-refractivity contribution in [3.63, 3.8) is 0 Å². The lowest BCUT2D eigenvalue weighted by atomic mass is 9.86. The van der Waals surface area contributed by atoms with Crippen molar-refractivity contribution in [2.75, 3.05) is 31.7 Å². The molecule has 1 unspecified atom stereocenters. The van der Waals surface area contributed by atoms with Gasteiger partial charge in [-0.15, -0.1) is 0 Å². The van der Waals surface area contributed by atoms with Crippen molar-refractivity contribution in [2.45, 2.75) is 25.7 Å². The highest BCUT2D eigenvalue weighted by atomic mass is 16.5. The molecule has 1 aliphatic carbocycles. The van der Waals surface area contributed by atoms with Gasteiger partial charge < -0.3 is 25.2 Å². The van der Waals surface area contributed by atoms with Crippen LogP contribution in [0, 0.1) is 17.8 Å². The van der Waals surface area contributed by atoms with Gasteiger partial charge in [-0.1, -0.05) is 6.07 Å². The van der Waals surface area contributed by atoms with Crippen molar-refractivity contribution in [1.82, 2.24) is 5.32 Å². The van der Waals surface area contributed by atoms with Gasteiger partial charge in [-0.25, -0.2) is 0 Å². The minimum absolute atomic E-state index is 0.000714. The summed E-state index contributed by atoms with van der Waals surface area (Å²) in [6, 6.07) is 6.86. The lowest BCUT2D eigenvalue weighted by Gasteiger charge is -2.27. The van der Waals surface area contributed by atoms with Crippen molar-refractivity contribution in [1.29, 1.82) is 0 Å². The van der Waals surface area contributed by atoms with E-state index in [-0.39, 0.29) is 36.8 Å². The first kappa shape index (κ1) is 20.1. The summed E-state index contributed by atoms with van der Waals surface area (Å²) in [6.07, 6.45) is 3.21. The van der Waals surface area contributed by atoms with Crippen molar-refractivity contribution >= 4 is 23.5 Å². The number of ether oxygens (including phenoxy) is 2. The third kappa shape index (κ3) is 5.95. The van der Waals surface area contributed by atoms with Gasteiger partial charge >= 0.3 is 5.97 Å². The average Bonchev–Trinajstić information content (AvgIpc) is 3.53. The SMILES string of the molecule is O=C(COc1cccc(NC(=O)C2CC2)c1)NCC(C(=O)O)C1CCOCC1. The number of benzene rings is 1. The van der Waals surface area contributed by atoms with E-state index in [1.54, 1.807) is 24.3 Å². The predicted octanol–water partition coefficient (Wildman–Crippen LogP) is 1.66. The van der Waals surface area contributed by atoms with Crippen LogP contribution in [0.2, 0.25) is 0 Å². The van der Waals surface area contributed by atoms with Crippen LogP contribution in [-0.2, 0) is 19.1 Å². The fraction of sp³-hybridized carbons (Fsp3) is 0.550. The zero-order chi connectivity index (χ0) is 19.9. The number of carboxylic acid groups (broad SMARTS) is 1. The standard InChI is InChI=1S/C20H26N2O6/c23-18(21-11-17(20(25)26)13-6-8-27-9-7-13)12-28-16-3-1-2-15(10-16)22-19(24)14-4-5-14/h1-3,10,13-14,17H,4-9,11-12H2,(H,21,23)(H,22,24)(H,25,26). The molecule has 0 radical (unpaired) electrons. The molecule has 1 atom stereocenters. The number of anilines is 1. The monoisotopic (exact) mass is 390 g/mol. The van der Waals surface area contributed by atoms with Gasteiger partial charge in [0.05, 0.1) is 5.92 Å². The summed E-state index contributed by atoms with van der Waals surface area (Å²) in [7, 11) is 0. The van der Waals surface area contributed by atoms with Crippen LogP contribution in [0.1, 0.15) is 25.7 Å². The van der Waals surface area contributed by atoms with Gasteiger partial charge in [-0.05, 0) is 43.7 Å². The van der Waals surface area contributed by atoms with Crippen LogP contribution < -0.4 is 15.4 Å². The van der Waals surface area contributed by atoms with Crippen LogP contribution in [-0.4, -0.2) is 49.3 Å². The minimum atomic E-state index is -0.910. The normalized spacial score (nSPS) is 18.1. The quantitative estimate of drug-likeness (QED) is 0.591. The maximum atomic E-state index is 12.1. The van der Waals surface area contributed by atoms with Gasteiger partial charge in [0.1, 0.15) is 5.75 Å². The number of hydrogen-bond donors (Lipinski definition) is 3. The second kappa shape index (κ2) is 9.54. The third-order valence-electron chi connectivity index (χ3n) is 5.09. The highest BCUT2D eigenvalue weighted by Gasteiger charge is 2.30. The summed E-state index contributed by atoms with van der Waals surface area (Å²) in [4.78, 5) is 35.4. The predicted molar refractivity (Wildman–Crippen MR) is 101 cm³/mol. The van der Waals surface area contributed by atoms with E-state index in [1.807, 2.05) is 0 Å². The molecular weight excluding hydrogens is 364 g/mol. The van der Waals surface area contributed by atoms with E-state index in [0.29, 0.717) is 37.5 Å². The molecule has 1 aliphatic heterocycles. The van der Waals surface area contributed by atoms with Crippen molar-refractivity contribution in [2.24, 2.45) is 17.8 Å². The second-order valence-corrected chi connectivity index (χ2v) is 7.28. The van der Waals surface area contributed by atoms with Crippen LogP contribution >= 0.6 is 0 Å². The molecule has 1 aromatic carbocycles. The first-order chi connectivity index (χ1) is 13.5. The maximum Gasteiger partial charge on any atom is 0.308 e. The van der Waals surface area contributed by atoms with Crippen molar-refractivity contribution in [3.8, 4) is 5.75 Å². The molecule has 1 heterocycles. The molecule has 8 heteroatoms. The molecule has 0 aromatic heterocycles. The van der Waals surface area contributed by atoms with Crippen LogP contribution in [0.25, 0.3) is 0 Å². The topological polar surface area (TPSA) is 114 Å². The Labute approximate surface area is 163 Å². The maximum absolute atomic E-state index is 12.1. The molecule has 8 nitrogen and oxygen atoms in total. The number of rotatable bonds is 9. The van der Waals surface area contributed by atoms with Crippen molar-refractivity contribution in [3.05, 3.63) is 24.3 Å². The Morgan fingerprint density at radius 1 is 1.18 bits per heavy atom. The van der Waals surface area contributed by atoms with Crippen LogP contribution in [0.15, 0.2) is 24.3 Å². The molecule has 2 amide bonds. The highest BCUT2D eigenvalue weighted by Crippen LogP contribution is 2.30. The molecule has 152 valence electrons. The molecule has 0 bridgehead atoms. The van der Waals surface area contributed by atoms with Gasteiger partial charge in [0.25, 0.3) is 5.91 Å². The first-order valence-electron chi connectivity index (χ1n) is 9.64. The number of carbonyl (C=O) groups is 3. The van der Waals surface area contributed by atoms with E-state index in [9.17, 15) is 19.5 Å². The van der Waals surface area contributed by atoms with Gasteiger partial charge in [-0.3, -0.25) is 14.4 Å². The Bertz CT molecular complexity index is 712. The number of carboxylic acids is 1. The van der Waals surface area contributed by atoms with E-state index in [1.165, 1.54) is 0 Å². The molecule has 3 N–H and O–H groups in total. The van der Waals surface area contributed by atoms with E-state index in [4.69, 9.17) is 9.47 Å². The number of aliphatic carboxylic acids is 1. The Hall–Kier alpha value is -2.61. The lowest BCUT2D eigenvalue weighted by Crippen LogP contribution is -2.40. The Morgan fingerprint density at radius 3 is 2.61 bits per heavy atom. The molecule has 0 spiro atoms. The van der Waals surface area contributed by atoms with E-state index in [0.717, 1.165) is 12.8 Å². The summed E-state index contributed by atoms with van der Waals surface area (Å²) in [5.74, 6) is -1.36. The molecule has 1 saturated carbocycles. The largest absolute Gasteiger partial charge is 0.484 e. The van der Waals surface area contributed by atoms with E-state index >= 15 is 0 Å². The number of nitrogens with one attached hydrogen (secondary N) is 2. The Balaban J connectivity index is 1.44. The highest BCUT2D eigenvalue weighted by molar-refractivity contribution is 5.94. The second-order valence-electron chi connectivity index (χ2n) is 7.28. The molecular formula is C20H26N2O6.